The van der Waals surface area contributed by atoms with Crippen LogP contribution in [-0.2, 0) is 10.0 Å². The van der Waals surface area contributed by atoms with E-state index in [2.05, 4.69) is 4.99 Å². The molecular formula is C25H25N3O4S2. The highest BCUT2D eigenvalue weighted by Gasteiger charge is 2.27. The zero-order valence-electron chi connectivity index (χ0n) is 18.9. The molecule has 34 heavy (non-hydrogen) atoms. The molecule has 176 valence electrons. The van der Waals surface area contributed by atoms with Crippen LogP contribution < -0.4 is 9.04 Å². The van der Waals surface area contributed by atoms with Gasteiger partial charge in [-0.05, 0) is 61.0 Å². The van der Waals surface area contributed by atoms with Crippen molar-refractivity contribution in [1.29, 1.82) is 0 Å². The number of hydrogen-bond donors (Lipinski definition) is 0. The van der Waals surface area contributed by atoms with E-state index in [1.807, 2.05) is 30.3 Å². The number of methoxy groups -OCH3 is 1. The number of nitrogens with zero attached hydrogens (tertiary/aromatic N) is 3. The number of rotatable bonds is 6. The topological polar surface area (TPSA) is 79.3 Å². The van der Waals surface area contributed by atoms with E-state index < -0.39 is 10.0 Å². The highest BCUT2D eigenvalue weighted by molar-refractivity contribution is 8.13. The third-order valence-electron chi connectivity index (χ3n) is 5.39. The fraction of sp³-hybridized carbons (Fsp3) is 0.200. The first-order chi connectivity index (χ1) is 16.4. The number of amidine groups is 1. The van der Waals surface area contributed by atoms with Gasteiger partial charge < -0.3 is 4.74 Å². The summed E-state index contributed by atoms with van der Waals surface area (Å²) in [6.07, 6.45) is 0.836. The second-order valence-electron chi connectivity index (χ2n) is 7.59. The van der Waals surface area contributed by atoms with Crippen molar-refractivity contribution in [1.82, 2.24) is 4.90 Å². The number of ether oxygens (including phenoxy) is 1. The lowest BCUT2D eigenvalue weighted by molar-refractivity contribution is 0.0849. The van der Waals surface area contributed by atoms with Gasteiger partial charge in [-0.25, -0.2) is 13.4 Å². The van der Waals surface area contributed by atoms with E-state index in [0.717, 1.165) is 17.9 Å². The number of carbonyl (C=O) groups is 1. The molecule has 1 aliphatic rings. The average Bonchev–Trinajstić information content (AvgIpc) is 2.89. The van der Waals surface area contributed by atoms with Gasteiger partial charge in [0.05, 0.1) is 23.4 Å². The van der Waals surface area contributed by atoms with Crippen LogP contribution in [0.15, 0.2) is 88.8 Å². The first-order valence-electron chi connectivity index (χ1n) is 10.7. The summed E-state index contributed by atoms with van der Waals surface area (Å²) in [5, 5.41) is 0.617. The van der Waals surface area contributed by atoms with Crippen LogP contribution >= 0.6 is 11.8 Å². The van der Waals surface area contributed by atoms with Crippen LogP contribution in [0.3, 0.4) is 0 Å². The minimum Gasteiger partial charge on any atom is -0.497 e. The summed E-state index contributed by atoms with van der Waals surface area (Å²) >= 11 is 1.52. The van der Waals surface area contributed by atoms with Crippen LogP contribution in [0.5, 0.6) is 5.75 Å². The second kappa shape index (κ2) is 10.3. The molecule has 1 saturated heterocycles. The van der Waals surface area contributed by atoms with E-state index in [1.54, 1.807) is 48.4 Å². The lowest BCUT2D eigenvalue weighted by Crippen LogP contribution is -2.39. The molecule has 1 amide bonds. The Labute approximate surface area is 204 Å². The molecule has 3 aromatic carbocycles. The van der Waals surface area contributed by atoms with Crippen molar-refractivity contribution in [3.05, 3.63) is 84.4 Å². The van der Waals surface area contributed by atoms with Crippen LogP contribution in [0.25, 0.3) is 0 Å². The Kier molecular flexibility index (Phi) is 7.23. The number of benzene rings is 3. The Hall–Kier alpha value is -3.30. The molecule has 1 fully saturated rings. The highest BCUT2D eigenvalue weighted by atomic mass is 32.2. The molecule has 3 aromatic rings. The lowest BCUT2D eigenvalue weighted by Gasteiger charge is -2.28. The average molecular weight is 496 g/mol. The Bertz CT molecular complexity index is 1290. The SMILES string of the molecule is COc1ccc(N(C)S(=O)(=O)c2cccc(C(=O)N3CCCSC3=Nc3ccccc3)c2)cc1. The number of thioether (sulfide) groups is 1. The van der Waals surface area contributed by atoms with Gasteiger partial charge in [0, 0.05) is 24.9 Å². The van der Waals surface area contributed by atoms with E-state index >= 15 is 0 Å². The predicted octanol–water partition coefficient (Wildman–Crippen LogP) is 4.79. The summed E-state index contributed by atoms with van der Waals surface area (Å²) < 4.78 is 32.9. The van der Waals surface area contributed by atoms with E-state index in [4.69, 9.17) is 4.74 Å². The quantitative estimate of drug-likeness (QED) is 0.491. The van der Waals surface area contributed by atoms with E-state index in [9.17, 15) is 13.2 Å². The Morgan fingerprint density at radius 1 is 1.03 bits per heavy atom. The zero-order chi connectivity index (χ0) is 24.1. The Balaban J connectivity index is 1.61. The minimum atomic E-state index is -3.87. The molecule has 0 unspecified atom stereocenters. The summed E-state index contributed by atoms with van der Waals surface area (Å²) in [7, 11) is -0.840. The molecule has 1 aliphatic heterocycles. The number of anilines is 1. The van der Waals surface area contributed by atoms with Crippen molar-refractivity contribution in [3.63, 3.8) is 0 Å². The summed E-state index contributed by atoms with van der Waals surface area (Å²) in [6.45, 7) is 0.528. The van der Waals surface area contributed by atoms with Crippen molar-refractivity contribution in [2.45, 2.75) is 11.3 Å². The number of carbonyl (C=O) groups excluding carboxylic acids is 1. The maximum Gasteiger partial charge on any atom is 0.264 e. The highest BCUT2D eigenvalue weighted by Crippen LogP contribution is 2.27. The van der Waals surface area contributed by atoms with E-state index in [0.29, 0.717) is 28.7 Å². The van der Waals surface area contributed by atoms with Gasteiger partial charge in [-0.2, -0.15) is 0 Å². The first kappa shape index (κ1) is 23.8. The second-order valence-corrected chi connectivity index (χ2v) is 10.6. The van der Waals surface area contributed by atoms with Crippen molar-refractivity contribution in [2.24, 2.45) is 4.99 Å². The summed E-state index contributed by atoms with van der Waals surface area (Å²) in [4.78, 5) is 19.7. The largest absolute Gasteiger partial charge is 0.497 e. The van der Waals surface area contributed by atoms with Crippen molar-refractivity contribution in [2.75, 3.05) is 30.8 Å². The van der Waals surface area contributed by atoms with Gasteiger partial charge in [0.25, 0.3) is 15.9 Å². The Morgan fingerprint density at radius 3 is 2.47 bits per heavy atom. The maximum absolute atomic E-state index is 13.4. The van der Waals surface area contributed by atoms with Crippen LogP contribution in [-0.4, -0.2) is 50.8 Å². The number of amides is 1. The van der Waals surface area contributed by atoms with Gasteiger partial charge in [-0.3, -0.25) is 14.0 Å². The van der Waals surface area contributed by atoms with Crippen molar-refractivity contribution >= 4 is 44.2 Å². The third kappa shape index (κ3) is 5.10. The normalized spacial score (nSPS) is 15.2. The number of para-hydroxylation sites is 1. The van der Waals surface area contributed by atoms with Crippen LogP contribution in [0.1, 0.15) is 16.8 Å². The van der Waals surface area contributed by atoms with Gasteiger partial charge in [-0.15, -0.1) is 0 Å². The smallest absolute Gasteiger partial charge is 0.264 e. The van der Waals surface area contributed by atoms with Crippen molar-refractivity contribution < 1.29 is 17.9 Å². The van der Waals surface area contributed by atoms with Gasteiger partial charge >= 0.3 is 0 Å². The van der Waals surface area contributed by atoms with Gasteiger partial charge in [0.2, 0.25) is 0 Å². The first-order valence-corrected chi connectivity index (χ1v) is 13.1. The van der Waals surface area contributed by atoms with Crippen LogP contribution in [0, 0.1) is 0 Å². The van der Waals surface area contributed by atoms with E-state index in [1.165, 1.54) is 35.2 Å². The minimum absolute atomic E-state index is 0.0443. The number of sulfonamides is 1. The van der Waals surface area contributed by atoms with E-state index in [-0.39, 0.29) is 10.8 Å². The molecule has 4 rings (SSSR count). The number of aliphatic imine (C=N–C) groups is 1. The van der Waals surface area contributed by atoms with Crippen LogP contribution in [0.4, 0.5) is 11.4 Å². The molecule has 0 aliphatic carbocycles. The lowest BCUT2D eigenvalue weighted by atomic mass is 10.2. The van der Waals surface area contributed by atoms with Gasteiger partial charge in [-0.1, -0.05) is 36.0 Å². The monoisotopic (exact) mass is 495 g/mol. The molecule has 7 nitrogen and oxygen atoms in total. The molecule has 9 heteroatoms. The molecule has 0 aromatic heterocycles. The fourth-order valence-corrected chi connectivity index (χ4v) is 5.69. The van der Waals surface area contributed by atoms with Crippen LogP contribution in [0.2, 0.25) is 0 Å². The molecule has 1 heterocycles. The molecule has 0 bridgehead atoms. The van der Waals surface area contributed by atoms with Gasteiger partial charge in [0.1, 0.15) is 5.75 Å². The maximum atomic E-state index is 13.4. The summed E-state index contributed by atoms with van der Waals surface area (Å²) in [6, 6.07) is 22.3. The predicted molar refractivity (Wildman–Crippen MR) is 137 cm³/mol. The fourth-order valence-electron chi connectivity index (χ4n) is 3.49. The zero-order valence-corrected chi connectivity index (χ0v) is 20.6. The third-order valence-corrected chi connectivity index (χ3v) is 8.23. The van der Waals surface area contributed by atoms with Crippen molar-refractivity contribution in [3.8, 4) is 5.75 Å². The standard InChI is InChI=1S/C25H25N3O4S2/c1-27(21-12-14-22(32-2)15-13-21)34(30,31)23-11-6-8-19(18-23)24(29)28-16-7-17-33-25(28)26-20-9-4-3-5-10-20/h3-6,8-15,18H,7,16-17H2,1-2H3. The number of hydrogen-bond acceptors (Lipinski definition) is 6. The molecule has 0 radical (unpaired) electrons. The summed E-state index contributed by atoms with van der Waals surface area (Å²) in [5.41, 5.74) is 1.55. The molecule has 0 N–H and O–H groups in total. The van der Waals surface area contributed by atoms with Gasteiger partial charge in [0.15, 0.2) is 5.17 Å². The summed E-state index contributed by atoms with van der Waals surface area (Å²) in [5.74, 6) is 1.23. The molecular weight excluding hydrogens is 470 g/mol. The molecule has 0 spiro atoms. The molecule has 0 saturated carbocycles. The molecule has 0 atom stereocenters. The Morgan fingerprint density at radius 2 is 1.76 bits per heavy atom.